The molecule has 1 aliphatic rings. The second-order valence-corrected chi connectivity index (χ2v) is 7.99. The number of hydrogen-bond acceptors (Lipinski definition) is 5. The number of rotatable bonds is 6. The molecule has 0 spiro atoms. The van der Waals surface area contributed by atoms with E-state index in [0.717, 1.165) is 11.1 Å². The van der Waals surface area contributed by atoms with Gasteiger partial charge in [-0.15, -0.1) is 10.2 Å². The molecular formula is C21H21ClN4O2S. The maximum Gasteiger partial charge on any atom is 0.233 e. The van der Waals surface area contributed by atoms with E-state index >= 15 is 0 Å². The number of ether oxygens (including phenoxy) is 1. The zero-order valence-corrected chi connectivity index (χ0v) is 17.4. The minimum Gasteiger partial charge on any atom is -0.378 e. The average molecular weight is 429 g/mol. The first kappa shape index (κ1) is 19.9. The topological polar surface area (TPSA) is 60.2 Å². The van der Waals surface area contributed by atoms with Crippen LogP contribution in [0.3, 0.4) is 0 Å². The smallest absolute Gasteiger partial charge is 0.233 e. The van der Waals surface area contributed by atoms with Crippen molar-refractivity contribution in [3.63, 3.8) is 0 Å². The van der Waals surface area contributed by atoms with Gasteiger partial charge in [0.2, 0.25) is 5.91 Å². The molecule has 1 amide bonds. The van der Waals surface area contributed by atoms with Crippen LogP contribution in [-0.4, -0.2) is 57.6 Å². The molecule has 0 atom stereocenters. The second-order valence-electron chi connectivity index (χ2n) is 6.64. The number of nitrogens with zero attached hydrogens (tertiary/aromatic N) is 4. The molecule has 150 valence electrons. The highest BCUT2D eigenvalue weighted by atomic mass is 35.5. The number of thioether (sulfide) groups is 1. The molecule has 1 saturated heterocycles. The average Bonchev–Trinajstić information content (AvgIpc) is 3.16. The van der Waals surface area contributed by atoms with Crippen molar-refractivity contribution in [3.05, 3.63) is 65.2 Å². The van der Waals surface area contributed by atoms with Gasteiger partial charge in [-0.05, 0) is 17.7 Å². The van der Waals surface area contributed by atoms with Crippen molar-refractivity contribution < 1.29 is 9.53 Å². The van der Waals surface area contributed by atoms with E-state index in [1.165, 1.54) is 11.8 Å². The van der Waals surface area contributed by atoms with Gasteiger partial charge in [0, 0.05) is 18.7 Å². The van der Waals surface area contributed by atoms with Crippen molar-refractivity contribution in [2.75, 3.05) is 32.1 Å². The normalized spacial score (nSPS) is 14.2. The van der Waals surface area contributed by atoms with Gasteiger partial charge in [-0.3, -0.25) is 9.36 Å². The molecule has 6 nitrogen and oxygen atoms in total. The van der Waals surface area contributed by atoms with Crippen molar-refractivity contribution >= 4 is 29.3 Å². The molecule has 4 rings (SSSR count). The highest BCUT2D eigenvalue weighted by molar-refractivity contribution is 7.99. The molecule has 0 aliphatic carbocycles. The standard InChI is InChI=1S/C21H21ClN4O2S/c22-18-9-5-4-8-17(18)20-23-24-21(26(20)14-16-6-2-1-3-7-16)29-15-19(27)25-10-12-28-13-11-25/h1-9H,10-15H2. The summed E-state index contributed by atoms with van der Waals surface area (Å²) in [6.45, 7) is 3.07. The molecule has 0 unspecified atom stereocenters. The Balaban J connectivity index is 1.59. The minimum absolute atomic E-state index is 0.0897. The molecule has 3 aromatic rings. The summed E-state index contributed by atoms with van der Waals surface area (Å²) in [5.41, 5.74) is 1.95. The van der Waals surface area contributed by atoms with Gasteiger partial charge in [-0.25, -0.2) is 0 Å². The van der Waals surface area contributed by atoms with Crippen molar-refractivity contribution in [3.8, 4) is 11.4 Å². The number of morpholine rings is 1. The van der Waals surface area contributed by atoms with E-state index in [1.807, 2.05) is 51.9 Å². The number of benzene rings is 2. The molecule has 1 fully saturated rings. The summed E-state index contributed by atoms with van der Waals surface area (Å²) in [4.78, 5) is 14.4. The third-order valence-corrected chi connectivity index (χ3v) is 5.98. The molecule has 0 N–H and O–H groups in total. The molecule has 1 aromatic heterocycles. The molecule has 1 aliphatic heterocycles. The minimum atomic E-state index is 0.0897. The summed E-state index contributed by atoms with van der Waals surface area (Å²) < 4.78 is 7.34. The fourth-order valence-electron chi connectivity index (χ4n) is 3.18. The Hall–Kier alpha value is -2.35. The van der Waals surface area contributed by atoms with Crippen LogP contribution in [0, 0.1) is 0 Å². The van der Waals surface area contributed by atoms with Crippen LogP contribution < -0.4 is 0 Å². The molecular weight excluding hydrogens is 408 g/mol. The van der Waals surface area contributed by atoms with Crippen LogP contribution in [0.2, 0.25) is 5.02 Å². The van der Waals surface area contributed by atoms with Crippen molar-refractivity contribution in [2.45, 2.75) is 11.7 Å². The van der Waals surface area contributed by atoms with E-state index in [1.54, 1.807) is 0 Å². The Labute approximate surface area is 178 Å². The Bertz CT molecular complexity index is 974. The Morgan fingerprint density at radius 1 is 1.03 bits per heavy atom. The van der Waals surface area contributed by atoms with Gasteiger partial charge in [0.25, 0.3) is 0 Å². The Kier molecular flexibility index (Phi) is 6.49. The van der Waals surface area contributed by atoms with E-state index in [0.29, 0.717) is 54.6 Å². The van der Waals surface area contributed by atoms with Gasteiger partial charge in [-0.2, -0.15) is 0 Å². The molecule has 29 heavy (non-hydrogen) atoms. The van der Waals surface area contributed by atoms with Crippen molar-refractivity contribution in [1.82, 2.24) is 19.7 Å². The van der Waals surface area contributed by atoms with E-state index in [2.05, 4.69) is 22.3 Å². The van der Waals surface area contributed by atoms with Crippen LogP contribution in [0.5, 0.6) is 0 Å². The van der Waals surface area contributed by atoms with Crippen LogP contribution in [0.4, 0.5) is 0 Å². The lowest BCUT2D eigenvalue weighted by atomic mass is 10.2. The second kappa shape index (κ2) is 9.43. The summed E-state index contributed by atoms with van der Waals surface area (Å²) in [5, 5.41) is 10.1. The third kappa shape index (κ3) is 4.80. The molecule has 2 heterocycles. The van der Waals surface area contributed by atoms with Crippen molar-refractivity contribution in [1.29, 1.82) is 0 Å². The maximum absolute atomic E-state index is 12.5. The van der Waals surface area contributed by atoms with Gasteiger partial charge >= 0.3 is 0 Å². The van der Waals surface area contributed by atoms with Gasteiger partial charge in [0.05, 0.1) is 30.5 Å². The van der Waals surface area contributed by atoms with Crippen LogP contribution in [-0.2, 0) is 16.1 Å². The lowest BCUT2D eigenvalue weighted by Crippen LogP contribution is -2.41. The highest BCUT2D eigenvalue weighted by Gasteiger charge is 2.21. The largest absolute Gasteiger partial charge is 0.378 e. The summed E-state index contributed by atoms with van der Waals surface area (Å²) in [7, 11) is 0. The first-order chi connectivity index (χ1) is 14.2. The third-order valence-electron chi connectivity index (χ3n) is 4.70. The summed E-state index contributed by atoms with van der Waals surface area (Å²) in [5.74, 6) is 1.10. The summed E-state index contributed by atoms with van der Waals surface area (Å²) in [6, 6.07) is 17.7. The van der Waals surface area contributed by atoms with Crippen LogP contribution >= 0.6 is 23.4 Å². The fraction of sp³-hybridized carbons (Fsp3) is 0.286. The lowest BCUT2D eigenvalue weighted by molar-refractivity contribution is -0.132. The molecule has 0 saturated carbocycles. The SMILES string of the molecule is O=C(CSc1nnc(-c2ccccc2Cl)n1Cc1ccccc1)N1CCOCC1. The predicted molar refractivity (Wildman–Crippen MR) is 114 cm³/mol. The summed E-state index contributed by atoms with van der Waals surface area (Å²) in [6.07, 6.45) is 0. The van der Waals surface area contributed by atoms with Crippen LogP contribution in [0.1, 0.15) is 5.56 Å². The molecule has 8 heteroatoms. The lowest BCUT2D eigenvalue weighted by Gasteiger charge is -2.26. The van der Waals surface area contributed by atoms with Gasteiger partial charge in [0.1, 0.15) is 0 Å². The van der Waals surface area contributed by atoms with Gasteiger partial charge < -0.3 is 9.64 Å². The van der Waals surface area contributed by atoms with Crippen LogP contribution in [0.15, 0.2) is 59.8 Å². The van der Waals surface area contributed by atoms with Crippen molar-refractivity contribution in [2.24, 2.45) is 0 Å². The Morgan fingerprint density at radius 2 is 1.76 bits per heavy atom. The highest BCUT2D eigenvalue weighted by Crippen LogP contribution is 2.30. The monoisotopic (exact) mass is 428 g/mol. The Morgan fingerprint density at radius 3 is 2.52 bits per heavy atom. The molecule has 2 aromatic carbocycles. The van der Waals surface area contributed by atoms with E-state index < -0.39 is 0 Å². The number of hydrogen-bond donors (Lipinski definition) is 0. The van der Waals surface area contributed by atoms with Crippen LogP contribution in [0.25, 0.3) is 11.4 Å². The van der Waals surface area contributed by atoms with E-state index in [-0.39, 0.29) is 5.91 Å². The number of amides is 1. The number of carbonyl (C=O) groups is 1. The summed E-state index contributed by atoms with van der Waals surface area (Å²) >= 11 is 7.82. The maximum atomic E-state index is 12.5. The fourth-order valence-corrected chi connectivity index (χ4v) is 4.24. The number of aromatic nitrogens is 3. The first-order valence-electron chi connectivity index (χ1n) is 9.43. The molecule has 0 bridgehead atoms. The first-order valence-corrected chi connectivity index (χ1v) is 10.8. The predicted octanol–water partition coefficient (Wildman–Crippen LogP) is 3.60. The quantitative estimate of drug-likeness (QED) is 0.561. The van der Waals surface area contributed by atoms with E-state index in [9.17, 15) is 4.79 Å². The molecule has 0 radical (unpaired) electrons. The van der Waals surface area contributed by atoms with E-state index in [4.69, 9.17) is 16.3 Å². The van der Waals surface area contributed by atoms with Gasteiger partial charge in [0.15, 0.2) is 11.0 Å². The number of halogens is 1. The number of carbonyl (C=O) groups excluding carboxylic acids is 1. The zero-order chi connectivity index (χ0) is 20.1. The zero-order valence-electron chi connectivity index (χ0n) is 15.8. The van der Waals surface area contributed by atoms with Gasteiger partial charge in [-0.1, -0.05) is 65.8 Å².